The van der Waals surface area contributed by atoms with Crippen LogP contribution in [0.1, 0.15) is 26.3 Å². The molecule has 0 saturated carbocycles. The van der Waals surface area contributed by atoms with E-state index in [-0.39, 0.29) is 11.5 Å². The van der Waals surface area contributed by atoms with Crippen LogP contribution in [0, 0.1) is 0 Å². The van der Waals surface area contributed by atoms with Gasteiger partial charge >= 0.3 is 0 Å². The Labute approximate surface area is 182 Å². The van der Waals surface area contributed by atoms with Crippen molar-refractivity contribution in [1.29, 1.82) is 0 Å². The minimum absolute atomic E-state index is 0.0719. The lowest BCUT2D eigenvalue weighted by Crippen LogP contribution is -2.46. The Kier molecular flexibility index (Phi) is 6.38. The number of benzene rings is 1. The Morgan fingerprint density at radius 1 is 1.13 bits per heavy atom. The summed E-state index contributed by atoms with van der Waals surface area (Å²) in [4.78, 5) is 30.8. The summed E-state index contributed by atoms with van der Waals surface area (Å²) in [6.07, 6.45) is 2.63. The van der Waals surface area contributed by atoms with Crippen molar-refractivity contribution in [2.24, 2.45) is 7.05 Å². The van der Waals surface area contributed by atoms with E-state index >= 15 is 0 Å². The van der Waals surface area contributed by atoms with Gasteiger partial charge in [0, 0.05) is 50.5 Å². The van der Waals surface area contributed by atoms with Gasteiger partial charge in [-0.25, -0.2) is 4.68 Å². The number of likely N-dealkylation sites (N-methyl/N-ethyl adjacent to an activating group) is 1. The molecule has 0 bridgehead atoms. The van der Waals surface area contributed by atoms with Crippen molar-refractivity contribution >= 4 is 27.7 Å². The molecule has 0 spiro atoms. The standard InChI is InChI=1S/C23H32N6O2/c1-4-27-12-14-28(15-13-27)11-7-10-24-22(30)17(2)29-20-9-6-5-8-18(20)19-16-25-26(3)23(31)21(19)29/h5-6,8-9,16-17H,4,7,10-15H2,1-3H3,(H,24,30). The molecule has 1 aromatic carbocycles. The Morgan fingerprint density at radius 3 is 2.58 bits per heavy atom. The van der Waals surface area contributed by atoms with Gasteiger partial charge in [-0.2, -0.15) is 5.10 Å². The lowest BCUT2D eigenvalue weighted by Gasteiger charge is -2.34. The molecule has 0 radical (unpaired) electrons. The van der Waals surface area contributed by atoms with E-state index in [1.807, 2.05) is 35.8 Å². The predicted octanol–water partition coefficient (Wildman–Crippen LogP) is 1.59. The van der Waals surface area contributed by atoms with Gasteiger partial charge in [-0.3, -0.25) is 9.59 Å². The van der Waals surface area contributed by atoms with Crippen LogP contribution in [0.25, 0.3) is 21.8 Å². The van der Waals surface area contributed by atoms with Crippen molar-refractivity contribution in [3.63, 3.8) is 0 Å². The minimum atomic E-state index is -0.495. The van der Waals surface area contributed by atoms with E-state index in [0.717, 1.165) is 62.0 Å². The third-order valence-corrected chi connectivity index (χ3v) is 6.44. The lowest BCUT2D eigenvalue weighted by molar-refractivity contribution is -0.123. The molecule has 1 atom stereocenters. The number of nitrogens with zero attached hydrogens (tertiary/aromatic N) is 5. The minimum Gasteiger partial charge on any atom is -0.354 e. The van der Waals surface area contributed by atoms with Crippen LogP contribution in [0.2, 0.25) is 0 Å². The largest absolute Gasteiger partial charge is 0.354 e. The molecular formula is C23H32N6O2. The molecule has 8 heteroatoms. The van der Waals surface area contributed by atoms with E-state index in [1.165, 1.54) is 4.68 Å². The second-order valence-corrected chi connectivity index (χ2v) is 8.32. The topological polar surface area (TPSA) is 75.4 Å². The lowest BCUT2D eigenvalue weighted by atomic mass is 10.2. The smallest absolute Gasteiger partial charge is 0.291 e. The third kappa shape index (κ3) is 4.22. The Bertz CT molecular complexity index is 1130. The van der Waals surface area contributed by atoms with Crippen molar-refractivity contribution in [2.45, 2.75) is 26.3 Å². The number of aromatic nitrogens is 3. The van der Waals surface area contributed by atoms with Gasteiger partial charge in [0.15, 0.2) is 0 Å². The Morgan fingerprint density at radius 2 is 1.84 bits per heavy atom. The average molecular weight is 425 g/mol. The predicted molar refractivity (Wildman–Crippen MR) is 123 cm³/mol. The summed E-state index contributed by atoms with van der Waals surface area (Å²) >= 11 is 0. The van der Waals surface area contributed by atoms with E-state index in [9.17, 15) is 9.59 Å². The molecular weight excluding hydrogens is 392 g/mol. The van der Waals surface area contributed by atoms with Gasteiger partial charge in [-0.15, -0.1) is 0 Å². The SMILES string of the molecule is CCN1CCN(CCCNC(=O)C(C)n2c3ccccc3c3cnn(C)c(=O)c32)CC1. The first-order chi connectivity index (χ1) is 15.0. The second kappa shape index (κ2) is 9.20. The van der Waals surface area contributed by atoms with Crippen LogP contribution >= 0.6 is 0 Å². The van der Waals surface area contributed by atoms with E-state index in [1.54, 1.807) is 13.2 Å². The summed E-state index contributed by atoms with van der Waals surface area (Å²) in [6, 6.07) is 7.30. The van der Waals surface area contributed by atoms with Crippen LogP contribution in [0.5, 0.6) is 0 Å². The van der Waals surface area contributed by atoms with Gasteiger partial charge in [-0.05, 0) is 32.5 Å². The molecule has 1 N–H and O–H groups in total. The highest BCUT2D eigenvalue weighted by Gasteiger charge is 2.23. The number of hydrogen-bond acceptors (Lipinski definition) is 5. The number of amides is 1. The number of para-hydroxylation sites is 1. The van der Waals surface area contributed by atoms with Crippen LogP contribution in [-0.4, -0.2) is 75.9 Å². The number of piperazine rings is 1. The molecule has 4 rings (SSSR count). The highest BCUT2D eigenvalue weighted by molar-refractivity contribution is 6.08. The molecule has 166 valence electrons. The number of carbonyl (C=O) groups excluding carboxylic acids is 1. The molecule has 8 nitrogen and oxygen atoms in total. The van der Waals surface area contributed by atoms with Crippen molar-refractivity contribution in [3.05, 3.63) is 40.8 Å². The van der Waals surface area contributed by atoms with Crippen molar-refractivity contribution in [1.82, 2.24) is 29.5 Å². The monoisotopic (exact) mass is 424 g/mol. The average Bonchev–Trinajstić information content (AvgIpc) is 3.14. The van der Waals surface area contributed by atoms with Gasteiger partial charge in [0.2, 0.25) is 5.91 Å². The fraction of sp³-hybridized carbons (Fsp3) is 0.522. The van der Waals surface area contributed by atoms with Crippen LogP contribution < -0.4 is 10.9 Å². The number of nitrogens with one attached hydrogen (secondary N) is 1. The number of carbonyl (C=O) groups is 1. The second-order valence-electron chi connectivity index (χ2n) is 8.32. The quantitative estimate of drug-likeness (QED) is 0.583. The number of aryl methyl sites for hydroxylation is 1. The normalized spacial score (nSPS) is 16.7. The Hall–Kier alpha value is -2.71. The summed E-state index contributed by atoms with van der Waals surface area (Å²) in [5.41, 5.74) is 1.20. The molecule has 1 fully saturated rings. The summed E-state index contributed by atoms with van der Waals surface area (Å²) in [6.45, 7) is 11.2. The summed E-state index contributed by atoms with van der Waals surface area (Å²) in [7, 11) is 1.63. The zero-order valence-electron chi connectivity index (χ0n) is 18.7. The molecule has 3 aromatic rings. The summed E-state index contributed by atoms with van der Waals surface area (Å²) in [5.74, 6) is -0.0719. The van der Waals surface area contributed by atoms with E-state index in [2.05, 4.69) is 27.1 Å². The van der Waals surface area contributed by atoms with Gasteiger partial charge in [0.05, 0.1) is 11.7 Å². The number of fused-ring (bicyclic) bond motifs is 3. The highest BCUT2D eigenvalue weighted by Crippen LogP contribution is 2.29. The van der Waals surface area contributed by atoms with Gasteiger partial charge in [-0.1, -0.05) is 25.1 Å². The highest BCUT2D eigenvalue weighted by atomic mass is 16.2. The molecule has 1 saturated heterocycles. The van der Waals surface area contributed by atoms with Crippen LogP contribution in [0.4, 0.5) is 0 Å². The molecule has 1 aliphatic rings. The zero-order valence-corrected chi connectivity index (χ0v) is 18.7. The van der Waals surface area contributed by atoms with Crippen molar-refractivity contribution < 1.29 is 4.79 Å². The molecule has 0 aliphatic carbocycles. The third-order valence-electron chi connectivity index (χ3n) is 6.44. The van der Waals surface area contributed by atoms with Crippen molar-refractivity contribution in [3.8, 4) is 0 Å². The first kappa shape index (κ1) is 21.5. The molecule has 1 aliphatic heterocycles. The van der Waals surface area contributed by atoms with Gasteiger partial charge in [0.1, 0.15) is 11.6 Å². The molecule has 31 heavy (non-hydrogen) atoms. The van der Waals surface area contributed by atoms with Crippen LogP contribution in [-0.2, 0) is 11.8 Å². The van der Waals surface area contributed by atoms with Crippen LogP contribution in [0.3, 0.4) is 0 Å². The zero-order chi connectivity index (χ0) is 22.0. The first-order valence-corrected chi connectivity index (χ1v) is 11.2. The molecule has 2 aromatic heterocycles. The van der Waals surface area contributed by atoms with E-state index in [0.29, 0.717) is 12.1 Å². The fourth-order valence-electron chi connectivity index (χ4n) is 4.50. The molecule has 1 unspecified atom stereocenters. The fourth-order valence-corrected chi connectivity index (χ4v) is 4.50. The molecule has 3 heterocycles. The number of rotatable bonds is 7. The maximum absolute atomic E-state index is 13.0. The maximum atomic E-state index is 13.0. The van der Waals surface area contributed by atoms with E-state index in [4.69, 9.17) is 0 Å². The molecule has 1 amide bonds. The van der Waals surface area contributed by atoms with E-state index < -0.39 is 6.04 Å². The van der Waals surface area contributed by atoms with Gasteiger partial charge in [0.25, 0.3) is 5.56 Å². The summed E-state index contributed by atoms with van der Waals surface area (Å²) in [5, 5.41) is 8.97. The van der Waals surface area contributed by atoms with Gasteiger partial charge < -0.3 is 19.7 Å². The summed E-state index contributed by atoms with van der Waals surface area (Å²) < 4.78 is 3.18. The van der Waals surface area contributed by atoms with Crippen LogP contribution in [0.15, 0.2) is 35.3 Å². The maximum Gasteiger partial charge on any atom is 0.291 e. The Balaban J connectivity index is 1.45. The van der Waals surface area contributed by atoms with Crippen molar-refractivity contribution in [2.75, 3.05) is 45.8 Å². The number of hydrogen-bond donors (Lipinski definition) is 1. The first-order valence-electron chi connectivity index (χ1n) is 11.2.